The summed E-state index contributed by atoms with van der Waals surface area (Å²) in [6.07, 6.45) is 5.93. The lowest BCUT2D eigenvalue weighted by molar-refractivity contribution is 0.0949. The molecule has 0 saturated carbocycles. The SMILES string of the molecule is CN(C)c1ccc(/C=N/NC(=O)c2cnccn2)cc1. The van der Waals surface area contributed by atoms with Gasteiger partial charge in [0.15, 0.2) is 0 Å². The Kier molecular flexibility index (Phi) is 4.39. The molecule has 2 rings (SSSR count). The molecule has 0 aliphatic carbocycles. The summed E-state index contributed by atoms with van der Waals surface area (Å²) in [7, 11) is 3.95. The van der Waals surface area contributed by atoms with E-state index in [0.29, 0.717) is 0 Å². The molecule has 6 nitrogen and oxygen atoms in total. The van der Waals surface area contributed by atoms with Gasteiger partial charge in [0.2, 0.25) is 0 Å². The van der Waals surface area contributed by atoms with Crippen LogP contribution in [0.5, 0.6) is 0 Å². The minimum atomic E-state index is -0.390. The first-order valence-corrected chi connectivity index (χ1v) is 6.03. The summed E-state index contributed by atoms with van der Waals surface area (Å²) in [5.41, 5.74) is 4.63. The zero-order valence-corrected chi connectivity index (χ0v) is 11.3. The number of rotatable bonds is 4. The maximum atomic E-state index is 11.6. The quantitative estimate of drug-likeness (QED) is 0.671. The fourth-order valence-corrected chi connectivity index (χ4v) is 1.50. The van der Waals surface area contributed by atoms with E-state index in [0.717, 1.165) is 11.3 Å². The van der Waals surface area contributed by atoms with Crippen molar-refractivity contribution >= 4 is 17.8 Å². The summed E-state index contributed by atoms with van der Waals surface area (Å²) in [4.78, 5) is 21.4. The van der Waals surface area contributed by atoms with Crippen LogP contribution in [0, 0.1) is 0 Å². The molecule has 0 aliphatic rings. The van der Waals surface area contributed by atoms with E-state index in [1.165, 1.54) is 18.6 Å². The number of benzene rings is 1. The summed E-state index contributed by atoms with van der Waals surface area (Å²) >= 11 is 0. The van der Waals surface area contributed by atoms with Crippen molar-refractivity contribution in [1.82, 2.24) is 15.4 Å². The maximum absolute atomic E-state index is 11.6. The fraction of sp³-hybridized carbons (Fsp3) is 0.143. The topological polar surface area (TPSA) is 70.5 Å². The van der Waals surface area contributed by atoms with Gasteiger partial charge in [-0.15, -0.1) is 0 Å². The lowest BCUT2D eigenvalue weighted by Crippen LogP contribution is -2.19. The fourth-order valence-electron chi connectivity index (χ4n) is 1.50. The Balaban J connectivity index is 1.95. The Morgan fingerprint density at radius 3 is 2.60 bits per heavy atom. The van der Waals surface area contributed by atoms with Crippen molar-refractivity contribution in [3.8, 4) is 0 Å². The van der Waals surface area contributed by atoms with Gasteiger partial charge in [0.25, 0.3) is 5.91 Å². The molecule has 1 aromatic heterocycles. The molecule has 0 saturated heterocycles. The number of amides is 1. The van der Waals surface area contributed by atoms with Crippen LogP contribution >= 0.6 is 0 Å². The molecule has 0 radical (unpaired) electrons. The molecular weight excluding hydrogens is 254 g/mol. The van der Waals surface area contributed by atoms with Crippen molar-refractivity contribution in [2.24, 2.45) is 5.10 Å². The van der Waals surface area contributed by atoms with Gasteiger partial charge < -0.3 is 4.90 Å². The van der Waals surface area contributed by atoms with Crippen LogP contribution in [0.2, 0.25) is 0 Å². The Morgan fingerprint density at radius 1 is 1.25 bits per heavy atom. The van der Waals surface area contributed by atoms with Gasteiger partial charge in [0.05, 0.1) is 12.4 Å². The van der Waals surface area contributed by atoms with Gasteiger partial charge in [-0.25, -0.2) is 10.4 Å². The zero-order valence-electron chi connectivity index (χ0n) is 11.3. The van der Waals surface area contributed by atoms with E-state index in [1.54, 1.807) is 6.21 Å². The number of nitrogens with zero attached hydrogens (tertiary/aromatic N) is 4. The van der Waals surface area contributed by atoms with E-state index in [4.69, 9.17) is 0 Å². The van der Waals surface area contributed by atoms with Gasteiger partial charge in [-0.1, -0.05) is 12.1 Å². The molecule has 0 fully saturated rings. The van der Waals surface area contributed by atoms with E-state index in [1.807, 2.05) is 43.3 Å². The second-order valence-corrected chi connectivity index (χ2v) is 4.28. The molecule has 20 heavy (non-hydrogen) atoms. The number of aromatic nitrogens is 2. The van der Waals surface area contributed by atoms with E-state index < -0.39 is 0 Å². The Hall–Kier alpha value is -2.76. The van der Waals surface area contributed by atoms with E-state index in [-0.39, 0.29) is 11.6 Å². The van der Waals surface area contributed by atoms with Crippen molar-refractivity contribution < 1.29 is 4.79 Å². The Bertz CT molecular complexity index is 593. The second kappa shape index (κ2) is 6.42. The van der Waals surface area contributed by atoms with E-state index >= 15 is 0 Å². The molecule has 1 N–H and O–H groups in total. The molecule has 0 aliphatic heterocycles. The Morgan fingerprint density at radius 2 is 2.00 bits per heavy atom. The molecule has 2 aromatic rings. The standard InChI is InChI=1S/C14H15N5O/c1-19(2)12-5-3-11(4-6-12)9-17-18-14(20)13-10-15-7-8-16-13/h3-10H,1-2H3,(H,18,20)/b17-9+. The lowest BCUT2D eigenvalue weighted by atomic mass is 10.2. The highest BCUT2D eigenvalue weighted by molar-refractivity contribution is 5.92. The van der Waals surface area contributed by atoms with Crippen LogP contribution in [-0.4, -0.2) is 36.2 Å². The van der Waals surface area contributed by atoms with Crippen LogP contribution in [0.15, 0.2) is 48.0 Å². The monoisotopic (exact) mass is 269 g/mol. The summed E-state index contributed by atoms with van der Waals surface area (Å²) in [6, 6.07) is 7.80. The summed E-state index contributed by atoms with van der Waals surface area (Å²) < 4.78 is 0. The highest BCUT2D eigenvalue weighted by atomic mass is 16.2. The van der Waals surface area contributed by atoms with Crippen molar-refractivity contribution in [3.63, 3.8) is 0 Å². The molecule has 102 valence electrons. The van der Waals surface area contributed by atoms with Crippen molar-refractivity contribution in [3.05, 3.63) is 54.1 Å². The first kappa shape index (κ1) is 13.7. The molecule has 1 aromatic carbocycles. The molecule has 0 spiro atoms. The number of carbonyl (C=O) groups excluding carboxylic acids is 1. The smallest absolute Gasteiger partial charge is 0.291 e. The second-order valence-electron chi connectivity index (χ2n) is 4.28. The van der Waals surface area contributed by atoms with Crippen LogP contribution in [0.25, 0.3) is 0 Å². The normalized spacial score (nSPS) is 10.5. The van der Waals surface area contributed by atoms with Crippen LogP contribution in [0.4, 0.5) is 5.69 Å². The predicted octanol–water partition coefficient (Wildman–Crippen LogP) is 1.31. The summed E-state index contributed by atoms with van der Waals surface area (Å²) in [5.74, 6) is -0.390. The van der Waals surface area contributed by atoms with E-state index in [9.17, 15) is 4.79 Å². The predicted molar refractivity (Wildman–Crippen MR) is 77.9 cm³/mol. The van der Waals surface area contributed by atoms with Gasteiger partial charge >= 0.3 is 0 Å². The average Bonchev–Trinajstić information content (AvgIpc) is 2.48. The van der Waals surface area contributed by atoms with Crippen LogP contribution < -0.4 is 10.3 Å². The van der Waals surface area contributed by atoms with Crippen molar-refractivity contribution in [2.45, 2.75) is 0 Å². The number of hydrogen-bond acceptors (Lipinski definition) is 5. The minimum Gasteiger partial charge on any atom is -0.378 e. The summed E-state index contributed by atoms with van der Waals surface area (Å²) in [6.45, 7) is 0. The Labute approximate surface area is 117 Å². The molecule has 0 atom stereocenters. The van der Waals surface area contributed by atoms with Crippen molar-refractivity contribution in [2.75, 3.05) is 19.0 Å². The molecule has 6 heteroatoms. The highest BCUT2D eigenvalue weighted by Gasteiger charge is 2.04. The van der Waals surface area contributed by atoms with Gasteiger partial charge in [0, 0.05) is 32.2 Å². The molecule has 0 bridgehead atoms. The first-order valence-electron chi connectivity index (χ1n) is 6.03. The minimum absolute atomic E-state index is 0.229. The summed E-state index contributed by atoms with van der Waals surface area (Å²) in [5, 5.41) is 3.89. The molecule has 0 unspecified atom stereocenters. The number of hydrazone groups is 1. The number of hydrogen-bond donors (Lipinski definition) is 1. The van der Waals surface area contributed by atoms with E-state index in [2.05, 4.69) is 20.5 Å². The third-order valence-corrected chi connectivity index (χ3v) is 2.59. The van der Waals surface area contributed by atoms with Gasteiger partial charge in [-0.05, 0) is 17.7 Å². The van der Waals surface area contributed by atoms with Crippen LogP contribution in [-0.2, 0) is 0 Å². The van der Waals surface area contributed by atoms with Gasteiger partial charge in [-0.2, -0.15) is 5.10 Å². The van der Waals surface area contributed by atoms with Gasteiger partial charge in [-0.3, -0.25) is 9.78 Å². The largest absolute Gasteiger partial charge is 0.378 e. The maximum Gasteiger partial charge on any atom is 0.291 e. The van der Waals surface area contributed by atoms with Crippen LogP contribution in [0.3, 0.4) is 0 Å². The van der Waals surface area contributed by atoms with Crippen LogP contribution in [0.1, 0.15) is 16.1 Å². The number of anilines is 1. The third kappa shape index (κ3) is 3.61. The lowest BCUT2D eigenvalue weighted by Gasteiger charge is -2.11. The average molecular weight is 269 g/mol. The number of carbonyl (C=O) groups is 1. The van der Waals surface area contributed by atoms with Crippen molar-refractivity contribution in [1.29, 1.82) is 0 Å². The molecule has 1 amide bonds. The highest BCUT2D eigenvalue weighted by Crippen LogP contribution is 2.10. The first-order chi connectivity index (χ1) is 9.66. The molecule has 1 heterocycles. The number of nitrogens with one attached hydrogen (secondary N) is 1. The third-order valence-electron chi connectivity index (χ3n) is 2.59. The molecular formula is C14H15N5O. The zero-order chi connectivity index (χ0) is 14.4. The van der Waals surface area contributed by atoms with Gasteiger partial charge in [0.1, 0.15) is 5.69 Å².